The van der Waals surface area contributed by atoms with Gasteiger partial charge < -0.3 is 19.4 Å². The van der Waals surface area contributed by atoms with Gasteiger partial charge >= 0.3 is 0 Å². The number of halogens is 1. The smallest absolute Gasteiger partial charge is 0.234 e. The summed E-state index contributed by atoms with van der Waals surface area (Å²) < 4.78 is 13.0. The molecule has 1 aliphatic heterocycles. The second-order valence-corrected chi connectivity index (χ2v) is 8.14. The van der Waals surface area contributed by atoms with E-state index in [1.807, 2.05) is 29.0 Å². The van der Waals surface area contributed by atoms with Crippen LogP contribution < -0.4 is 14.8 Å². The lowest BCUT2D eigenvalue weighted by molar-refractivity contribution is -0.113. The van der Waals surface area contributed by atoms with Crippen LogP contribution >= 0.6 is 34.7 Å². The molecule has 0 unspecified atom stereocenters. The molecule has 3 aromatic rings. The first-order valence-electron chi connectivity index (χ1n) is 8.64. The van der Waals surface area contributed by atoms with E-state index in [2.05, 4.69) is 15.5 Å². The van der Waals surface area contributed by atoms with Gasteiger partial charge in [0.2, 0.25) is 5.91 Å². The number of nitrogens with zero attached hydrogens (tertiary/aromatic N) is 3. The first-order valence-corrected chi connectivity index (χ1v) is 10.9. The van der Waals surface area contributed by atoms with Crippen molar-refractivity contribution >= 4 is 46.3 Å². The number of fused-ring (bicyclic) bond motifs is 1. The van der Waals surface area contributed by atoms with Crippen LogP contribution in [0.2, 0.25) is 5.02 Å². The molecule has 1 N–H and O–H groups in total. The van der Waals surface area contributed by atoms with Gasteiger partial charge in [-0.15, -0.1) is 21.5 Å². The number of nitrogens with one attached hydrogen (secondary N) is 1. The molecule has 146 valence electrons. The Morgan fingerprint density at radius 1 is 1.32 bits per heavy atom. The Morgan fingerprint density at radius 2 is 2.11 bits per heavy atom. The van der Waals surface area contributed by atoms with E-state index >= 15 is 0 Å². The summed E-state index contributed by atoms with van der Waals surface area (Å²) in [6.45, 7) is 3.70. The summed E-state index contributed by atoms with van der Waals surface area (Å²) in [6, 6.07) is 7.32. The standard InChI is InChI=1S/C18H17ClN4O3S2/c1-2-23-17(15-4-3-7-27-15)21-22-18(23)28-10-16(24)20-12-9-14-13(8-11(12)19)25-5-6-26-14/h3-4,7-9H,2,5-6,10H2,1H3,(H,20,24). The molecule has 0 saturated heterocycles. The Bertz CT molecular complexity index is 991. The van der Waals surface area contributed by atoms with E-state index < -0.39 is 0 Å². The van der Waals surface area contributed by atoms with Crippen molar-refractivity contribution in [1.29, 1.82) is 0 Å². The number of benzene rings is 1. The van der Waals surface area contributed by atoms with E-state index in [0.29, 0.717) is 40.6 Å². The van der Waals surface area contributed by atoms with Crippen LogP contribution in [0.1, 0.15) is 6.92 Å². The van der Waals surface area contributed by atoms with Crippen LogP contribution in [0.5, 0.6) is 11.5 Å². The Balaban J connectivity index is 1.43. The van der Waals surface area contributed by atoms with E-state index in [9.17, 15) is 4.79 Å². The molecule has 0 radical (unpaired) electrons. The number of ether oxygens (including phenoxy) is 2. The third kappa shape index (κ3) is 3.96. The molecule has 0 bridgehead atoms. The van der Waals surface area contributed by atoms with Gasteiger partial charge in [-0.1, -0.05) is 29.4 Å². The van der Waals surface area contributed by atoms with Gasteiger partial charge in [-0.25, -0.2) is 0 Å². The number of thioether (sulfide) groups is 1. The molecule has 1 aliphatic rings. The zero-order chi connectivity index (χ0) is 19.5. The zero-order valence-corrected chi connectivity index (χ0v) is 17.4. The zero-order valence-electron chi connectivity index (χ0n) is 15.0. The molecule has 0 aliphatic carbocycles. The second-order valence-electron chi connectivity index (χ2n) is 5.84. The van der Waals surface area contributed by atoms with Crippen molar-refractivity contribution < 1.29 is 14.3 Å². The first kappa shape index (κ1) is 19.1. The number of anilines is 1. The van der Waals surface area contributed by atoms with Crippen molar-refractivity contribution in [2.24, 2.45) is 0 Å². The lowest BCUT2D eigenvalue weighted by Gasteiger charge is -2.20. The maximum atomic E-state index is 12.4. The average molecular weight is 437 g/mol. The van der Waals surface area contributed by atoms with Crippen molar-refractivity contribution in [1.82, 2.24) is 14.8 Å². The van der Waals surface area contributed by atoms with E-state index in [1.165, 1.54) is 11.8 Å². The maximum Gasteiger partial charge on any atom is 0.234 e. The van der Waals surface area contributed by atoms with Crippen LogP contribution in [-0.4, -0.2) is 39.6 Å². The summed E-state index contributed by atoms with van der Waals surface area (Å²) in [5, 5.41) is 14.4. The summed E-state index contributed by atoms with van der Waals surface area (Å²) in [5.41, 5.74) is 0.493. The Hall–Kier alpha value is -2.23. The summed E-state index contributed by atoms with van der Waals surface area (Å²) in [4.78, 5) is 13.5. The largest absolute Gasteiger partial charge is 0.486 e. The monoisotopic (exact) mass is 436 g/mol. The molecule has 0 atom stereocenters. The van der Waals surface area contributed by atoms with Crippen molar-refractivity contribution in [3.63, 3.8) is 0 Å². The summed E-state index contributed by atoms with van der Waals surface area (Å²) in [5.74, 6) is 1.97. The molecular weight excluding hydrogens is 420 g/mol. The van der Waals surface area contributed by atoms with Crippen LogP contribution in [0.4, 0.5) is 5.69 Å². The molecule has 0 saturated carbocycles. The number of rotatable bonds is 6. The minimum absolute atomic E-state index is 0.188. The van der Waals surface area contributed by atoms with Gasteiger partial charge in [0.25, 0.3) is 0 Å². The Morgan fingerprint density at radius 3 is 2.82 bits per heavy atom. The number of carbonyl (C=O) groups is 1. The molecule has 0 spiro atoms. The summed E-state index contributed by atoms with van der Waals surface area (Å²) >= 11 is 9.19. The van der Waals surface area contributed by atoms with Crippen molar-refractivity contribution in [3.05, 3.63) is 34.7 Å². The fraction of sp³-hybridized carbons (Fsp3) is 0.278. The minimum atomic E-state index is -0.188. The molecular formula is C18H17ClN4O3S2. The van der Waals surface area contributed by atoms with E-state index in [4.69, 9.17) is 21.1 Å². The summed E-state index contributed by atoms with van der Waals surface area (Å²) in [7, 11) is 0. The molecule has 4 rings (SSSR count). The van der Waals surface area contributed by atoms with Crippen LogP contribution in [0.25, 0.3) is 10.7 Å². The summed E-state index contributed by atoms with van der Waals surface area (Å²) in [6.07, 6.45) is 0. The van der Waals surface area contributed by atoms with Crippen molar-refractivity contribution in [2.75, 3.05) is 24.3 Å². The third-order valence-corrected chi connectivity index (χ3v) is 6.16. The first-order chi connectivity index (χ1) is 13.7. The number of carbonyl (C=O) groups excluding carboxylic acids is 1. The number of hydrogen-bond acceptors (Lipinski definition) is 7. The van der Waals surface area contributed by atoms with Crippen molar-refractivity contribution in [3.8, 4) is 22.2 Å². The number of hydrogen-bond donors (Lipinski definition) is 1. The fourth-order valence-corrected chi connectivity index (χ4v) is 4.47. The lowest BCUT2D eigenvalue weighted by Crippen LogP contribution is -2.17. The molecule has 2 aromatic heterocycles. The third-order valence-electron chi connectivity index (χ3n) is 4.01. The molecule has 10 heteroatoms. The number of thiophene rings is 1. The molecule has 28 heavy (non-hydrogen) atoms. The van der Waals surface area contributed by atoms with E-state index in [-0.39, 0.29) is 11.7 Å². The Kier molecular flexibility index (Phi) is 5.74. The highest BCUT2D eigenvalue weighted by Crippen LogP contribution is 2.38. The van der Waals surface area contributed by atoms with Crippen LogP contribution in [0.15, 0.2) is 34.8 Å². The molecule has 3 heterocycles. The van der Waals surface area contributed by atoms with Crippen molar-refractivity contribution in [2.45, 2.75) is 18.6 Å². The fourth-order valence-electron chi connectivity index (χ4n) is 2.74. The second kappa shape index (κ2) is 8.42. The van der Waals surface area contributed by atoms with E-state index in [1.54, 1.807) is 23.5 Å². The normalized spacial score (nSPS) is 12.8. The van der Waals surface area contributed by atoms with Crippen LogP contribution in [0, 0.1) is 0 Å². The molecule has 1 amide bonds. The predicted molar refractivity (Wildman–Crippen MR) is 111 cm³/mol. The van der Waals surface area contributed by atoms with E-state index in [0.717, 1.165) is 17.2 Å². The predicted octanol–water partition coefficient (Wildman–Crippen LogP) is 4.18. The van der Waals surface area contributed by atoms with Gasteiger partial charge in [0.15, 0.2) is 22.5 Å². The number of amides is 1. The maximum absolute atomic E-state index is 12.4. The van der Waals surface area contributed by atoms with Gasteiger partial charge in [-0.05, 0) is 18.4 Å². The Labute approximate surface area is 175 Å². The van der Waals surface area contributed by atoms with Gasteiger partial charge in [-0.2, -0.15) is 0 Å². The molecule has 1 aromatic carbocycles. The highest BCUT2D eigenvalue weighted by Gasteiger charge is 2.18. The van der Waals surface area contributed by atoms with Crippen LogP contribution in [-0.2, 0) is 11.3 Å². The SMILES string of the molecule is CCn1c(SCC(=O)Nc2cc3c(cc2Cl)OCCO3)nnc1-c1cccs1. The van der Waals surface area contributed by atoms with Gasteiger partial charge in [0.1, 0.15) is 13.2 Å². The van der Waals surface area contributed by atoms with Crippen LogP contribution in [0.3, 0.4) is 0 Å². The molecule has 7 nitrogen and oxygen atoms in total. The topological polar surface area (TPSA) is 78.3 Å². The lowest BCUT2D eigenvalue weighted by atomic mass is 10.2. The quantitative estimate of drug-likeness (QED) is 0.584. The molecule has 0 fully saturated rings. The highest BCUT2D eigenvalue weighted by molar-refractivity contribution is 7.99. The highest BCUT2D eigenvalue weighted by atomic mass is 35.5. The number of aromatic nitrogens is 3. The van der Waals surface area contributed by atoms with Gasteiger partial charge in [0, 0.05) is 18.7 Å². The van der Waals surface area contributed by atoms with Gasteiger partial charge in [0.05, 0.1) is 21.3 Å². The minimum Gasteiger partial charge on any atom is -0.486 e. The van der Waals surface area contributed by atoms with Gasteiger partial charge in [-0.3, -0.25) is 4.79 Å². The average Bonchev–Trinajstić information content (AvgIpc) is 3.36.